The molecule has 112 valence electrons. The van der Waals surface area contributed by atoms with E-state index in [1.807, 2.05) is 0 Å². The summed E-state index contributed by atoms with van der Waals surface area (Å²) < 4.78 is 44.5. The van der Waals surface area contributed by atoms with Crippen LogP contribution in [0.15, 0.2) is 6.07 Å². The van der Waals surface area contributed by atoms with Crippen LogP contribution in [0.2, 0.25) is 0 Å². The number of halogens is 4. The normalized spacial score (nSPS) is 11.2. The minimum Gasteiger partial charge on any atom is -0.503 e. The van der Waals surface area contributed by atoms with E-state index in [0.717, 1.165) is 6.07 Å². The van der Waals surface area contributed by atoms with E-state index in [4.69, 9.17) is 16.3 Å². The van der Waals surface area contributed by atoms with Crippen molar-refractivity contribution < 1.29 is 32.5 Å². The third-order valence-corrected chi connectivity index (χ3v) is 2.37. The lowest BCUT2D eigenvalue weighted by atomic mass is 10.1. The molecule has 0 atom stereocenters. The van der Waals surface area contributed by atoms with Crippen LogP contribution in [0, 0.1) is 0 Å². The topological polar surface area (TPSA) is 68.7 Å². The van der Waals surface area contributed by atoms with Crippen molar-refractivity contribution in [3.63, 3.8) is 0 Å². The minimum absolute atomic E-state index is 0.00299. The Bertz CT molecular complexity index is 493. The van der Waals surface area contributed by atoms with Gasteiger partial charge in [-0.05, 0) is 18.6 Å². The van der Waals surface area contributed by atoms with Crippen LogP contribution in [0.4, 0.5) is 13.2 Å². The van der Waals surface area contributed by atoms with E-state index in [2.05, 4.69) is 9.72 Å². The second kappa shape index (κ2) is 6.65. The van der Waals surface area contributed by atoms with Gasteiger partial charge in [0, 0.05) is 0 Å². The molecule has 1 heterocycles. The quantitative estimate of drug-likeness (QED) is 0.668. The Morgan fingerprint density at radius 3 is 2.65 bits per heavy atom. The highest BCUT2D eigenvalue weighted by Crippen LogP contribution is 2.31. The molecule has 0 saturated heterocycles. The van der Waals surface area contributed by atoms with Crippen LogP contribution >= 0.6 is 11.6 Å². The van der Waals surface area contributed by atoms with Gasteiger partial charge in [0.05, 0.1) is 24.6 Å². The van der Waals surface area contributed by atoms with Gasteiger partial charge in [0.1, 0.15) is 0 Å². The van der Waals surface area contributed by atoms with Crippen LogP contribution in [-0.2, 0) is 21.8 Å². The fourth-order valence-corrected chi connectivity index (χ4v) is 1.61. The molecule has 1 N–H and O–H groups in total. The van der Waals surface area contributed by atoms with Gasteiger partial charge < -0.3 is 14.6 Å². The first kappa shape index (κ1) is 16.4. The van der Waals surface area contributed by atoms with E-state index < -0.39 is 24.0 Å². The van der Waals surface area contributed by atoms with Crippen molar-refractivity contribution in [1.29, 1.82) is 0 Å². The zero-order chi connectivity index (χ0) is 15.3. The Morgan fingerprint density at radius 1 is 1.50 bits per heavy atom. The summed E-state index contributed by atoms with van der Waals surface area (Å²) in [5.74, 6) is -2.70. The van der Waals surface area contributed by atoms with Crippen LogP contribution in [0.5, 0.6) is 11.6 Å². The Morgan fingerprint density at radius 2 is 2.15 bits per heavy atom. The van der Waals surface area contributed by atoms with Crippen molar-refractivity contribution in [1.82, 2.24) is 4.98 Å². The molecule has 0 fully saturated rings. The van der Waals surface area contributed by atoms with E-state index >= 15 is 0 Å². The van der Waals surface area contributed by atoms with E-state index in [0.29, 0.717) is 0 Å². The zero-order valence-corrected chi connectivity index (χ0v) is 11.1. The monoisotopic (exact) mass is 313 g/mol. The summed E-state index contributed by atoms with van der Waals surface area (Å²) in [5, 5.41) is 9.43. The van der Waals surface area contributed by atoms with E-state index in [9.17, 15) is 23.1 Å². The van der Waals surface area contributed by atoms with Gasteiger partial charge in [-0.3, -0.25) is 4.79 Å². The lowest BCUT2D eigenvalue weighted by Crippen LogP contribution is -2.19. The largest absolute Gasteiger partial charge is 0.574 e. The van der Waals surface area contributed by atoms with Crippen LogP contribution in [0.1, 0.15) is 18.2 Å². The first-order valence-electron chi connectivity index (χ1n) is 5.46. The smallest absolute Gasteiger partial charge is 0.503 e. The number of esters is 1. The summed E-state index contributed by atoms with van der Waals surface area (Å²) in [6.07, 6.45) is -5.25. The lowest BCUT2D eigenvalue weighted by molar-refractivity contribution is -0.276. The van der Waals surface area contributed by atoms with Gasteiger partial charge in [-0.15, -0.1) is 24.8 Å². The predicted octanol–water partition coefficient (Wildman–Crippen LogP) is 2.53. The van der Waals surface area contributed by atoms with Crippen LogP contribution in [-0.4, -0.2) is 29.0 Å². The highest BCUT2D eigenvalue weighted by molar-refractivity contribution is 6.17. The summed E-state index contributed by atoms with van der Waals surface area (Å²) in [5.41, 5.74) is 0.169. The van der Waals surface area contributed by atoms with E-state index in [-0.39, 0.29) is 30.2 Å². The Balaban J connectivity index is 3.04. The number of hydrogen-bond donors (Lipinski definition) is 1. The number of carbonyl (C=O) groups is 1. The maximum Gasteiger partial charge on any atom is 0.574 e. The van der Waals surface area contributed by atoms with Gasteiger partial charge in [0.15, 0.2) is 5.75 Å². The predicted molar refractivity (Wildman–Crippen MR) is 62.5 cm³/mol. The molecule has 1 rings (SSSR count). The number of ether oxygens (including phenoxy) is 2. The Labute approximate surface area is 117 Å². The third kappa shape index (κ3) is 4.76. The number of aromatic hydroxyl groups is 1. The van der Waals surface area contributed by atoms with Gasteiger partial charge in [0.2, 0.25) is 0 Å². The number of carbonyl (C=O) groups excluding carboxylic acids is 1. The number of hydrogen-bond acceptors (Lipinski definition) is 5. The molecule has 0 aliphatic carbocycles. The summed E-state index contributed by atoms with van der Waals surface area (Å²) in [4.78, 5) is 14.8. The van der Waals surface area contributed by atoms with Crippen molar-refractivity contribution in [2.24, 2.45) is 0 Å². The number of alkyl halides is 4. The first-order valence-corrected chi connectivity index (χ1v) is 5.99. The molecule has 9 heteroatoms. The Kier molecular flexibility index (Phi) is 5.43. The minimum atomic E-state index is -4.99. The van der Waals surface area contributed by atoms with Gasteiger partial charge >= 0.3 is 12.3 Å². The van der Waals surface area contributed by atoms with Crippen LogP contribution < -0.4 is 4.74 Å². The maximum absolute atomic E-state index is 12.1. The molecule has 20 heavy (non-hydrogen) atoms. The highest BCUT2D eigenvalue weighted by Gasteiger charge is 2.33. The number of nitrogens with zero attached hydrogens (tertiary/aromatic N) is 1. The molecule has 0 bridgehead atoms. The molecular formula is C11H11ClF3NO4. The van der Waals surface area contributed by atoms with Crippen molar-refractivity contribution in [2.45, 2.75) is 25.6 Å². The van der Waals surface area contributed by atoms with Crippen LogP contribution in [0.3, 0.4) is 0 Å². The van der Waals surface area contributed by atoms with Crippen molar-refractivity contribution in [3.8, 4) is 11.6 Å². The molecule has 0 radical (unpaired) electrons. The molecule has 1 aromatic rings. The SMILES string of the molecule is CCOC(=O)Cc1cc(O)c(OC(F)(F)F)nc1CCl. The lowest BCUT2D eigenvalue weighted by Gasteiger charge is -2.13. The van der Waals surface area contributed by atoms with Gasteiger partial charge in [-0.25, -0.2) is 4.98 Å². The molecule has 0 saturated carbocycles. The summed E-state index contributed by atoms with van der Waals surface area (Å²) in [6, 6.07) is 0.947. The number of pyridine rings is 1. The highest BCUT2D eigenvalue weighted by atomic mass is 35.5. The molecule has 0 amide bonds. The van der Waals surface area contributed by atoms with Crippen molar-refractivity contribution >= 4 is 17.6 Å². The molecule has 1 aromatic heterocycles. The summed E-state index contributed by atoms with van der Waals surface area (Å²) in [6.45, 7) is 1.76. The molecular weight excluding hydrogens is 303 g/mol. The fraction of sp³-hybridized carbons (Fsp3) is 0.455. The second-order valence-corrected chi connectivity index (χ2v) is 3.85. The molecule has 0 aromatic carbocycles. The number of aromatic nitrogens is 1. The summed E-state index contributed by atoms with van der Waals surface area (Å²) >= 11 is 5.56. The number of rotatable bonds is 5. The molecule has 0 spiro atoms. The maximum atomic E-state index is 12.1. The average molecular weight is 314 g/mol. The molecule has 0 aliphatic heterocycles. The molecule has 0 unspecified atom stereocenters. The second-order valence-electron chi connectivity index (χ2n) is 3.58. The first-order chi connectivity index (χ1) is 9.26. The average Bonchev–Trinajstić information content (AvgIpc) is 2.31. The standard InChI is InChI=1S/C11H11ClF3NO4/c1-2-19-9(18)4-6-3-8(17)10(16-7(6)5-12)20-11(13,14)15/h3,17H,2,4-5H2,1H3. The molecule has 0 aliphatic rings. The van der Waals surface area contributed by atoms with E-state index in [1.54, 1.807) is 6.92 Å². The van der Waals surface area contributed by atoms with Gasteiger partial charge in [0.25, 0.3) is 5.88 Å². The van der Waals surface area contributed by atoms with Gasteiger partial charge in [-0.2, -0.15) is 0 Å². The Hall–Kier alpha value is -1.70. The third-order valence-electron chi connectivity index (χ3n) is 2.12. The zero-order valence-electron chi connectivity index (χ0n) is 10.3. The van der Waals surface area contributed by atoms with Gasteiger partial charge in [-0.1, -0.05) is 0 Å². The van der Waals surface area contributed by atoms with Crippen molar-refractivity contribution in [3.05, 3.63) is 17.3 Å². The fourth-order valence-electron chi connectivity index (χ4n) is 1.38. The van der Waals surface area contributed by atoms with E-state index in [1.165, 1.54) is 0 Å². The summed E-state index contributed by atoms with van der Waals surface area (Å²) in [7, 11) is 0. The molecule has 5 nitrogen and oxygen atoms in total. The van der Waals surface area contributed by atoms with Crippen LogP contribution in [0.25, 0.3) is 0 Å². The van der Waals surface area contributed by atoms with Crippen molar-refractivity contribution in [2.75, 3.05) is 6.61 Å².